The van der Waals surface area contributed by atoms with Crippen LogP contribution in [0.4, 0.5) is 18.0 Å². The molecule has 0 radical (unpaired) electrons. The van der Waals surface area contributed by atoms with E-state index in [9.17, 15) is 23.2 Å². The van der Waals surface area contributed by atoms with Crippen LogP contribution in [0.25, 0.3) is 6.08 Å². The maximum absolute atomic E-state index is 12.4. The number of alkyl halides is 3. The van der Waals surface area contributed by atoms with E-state index >= 15 is 0 Å². The molecule has 0 aromatic carbocycles. The van der Waals surface area contributed by atoms with Crippen LogP contribution < -0.4 is 0 Å². The van der Waals surface area contributed by atoms with Gasteiger partial charge in [-0.2, -0.15) is 18.4 Å². The summed E-state index contributed by atoms with van der Waals surface area (Å²) in [5.41, 5.74) is -1.67. The maximum atomic E-state index is 12.4. The van der Waals surface area contributed by atoms with Crippen molar-refractivity contribution in [1.82, 2.24) is 10.1 Å². The first-order valence-corrected chi connectivity index (χ1v) is 7.06. The van der Waals surface area contributed by atoms with Gasteiger partial charge in [0.05, 0.1) is 6.07 Å². The van der Waals surface area contributed by atoms with Gasteiger partial charge >= 0.3 is 12.3 Å². The Labute approximate surface area is 136 Å². The van der Waals surface area contributed by atoms with Crippen molar-refractivity contribution in [1.29, 1.82) is 5.26 Å². The Bertz CT molecular complexity index is 689. The summed E-state index contributed by atoms with van der Waals surface area (Å²) in [6, 6.07) is 2.79. The lowest BCUT2D eigenvalue weighted by atomic mass is 9.81. The van der Waals surface area contributed by atoms with Crippen molar-refractivity contribution in [3.63, 3.8) is 0 Å². The predicted molar refractivity (Wildman–Crippen MR) is 76.4 cm³/mol. The van der Waals surface area contributed by atoms with Crippen LogP contribution in [0.2, 0.25) is 0 Å². The highest BCUT2D eigenvalue weighted by Gasteiger charge is 2.45. The summed E-state index contributed by atoms with van der Waals surface area (Å²) in [5, 5.41) is 12.6. The highest BCUT2D eigenvalue weighted by Crippen LogP contribution is 2.34. The van der Waals surface area contributed by atoms with Crippen LogP contribution in [-0.2, 0) is 10.9 Å². The van der Waals surface area contributed by atoms with E-state index in [2.05, 4.69) is 15.7 Å². The first-order valence-electron chi connectivity index (χ1n) is 7.06. The monoisotopic (exact) mass is 343 g/mol. The number of likely N-dealkylation sites (tertiary alicyclic amines) is 1. The van der Waals surface area contributed by atoms with Gasteiger partial charge in [-0.25, -0.2) is 4.79 Å². The number of ether oxygens (including phenoxy) is 1. The van der Waals surface area contributed by atoms with Gasteiger partial charge in [-0.3, -0.25) is 0 Å². The molecule has 0 N–H and O–H groups in total. The number of aromatic nitrogens is 1. The van der Waals surface area contributed by atoms with Crippen LogP contribution in [0.5, 0.6) is 0 Å². The summed E-state index contributed by atoms with van der Waals surface area (Å²) >= 11 is 0. The molecule has 0 atom stereocenters. The van der Waals surface area contributed by atoms with Crippen molar-refractivity contribution < 1.29 is 27.2 Å². The van der Waals surface area contributed by atoms with Crippen LogP contribution in [0.3, 0.4) is 0 Å². The molecule has 1 aromatic heterocycles. The van der Waals surface area contributed by atoms with E-state index in [1.165, 1.54) is 17.1 Å². The zero-order chi connectivity index (χ0) is 18.2. The SMILES string of the molecule is CC(C)(C)OC(=O)N1CC(C#N)(C=Cc2cc(C(F)(F)F)on2)C1. The van der Waals surface area contributed by atoms with E-state index in [1.807, 2.05) is 0 Å². The van der Waals surface area contributed by atoms with Gasteiger partial charge in [0.2, 0.25) is 5.76 Å². The van der Waals surface area contributed by atoms with Gasteiger partial charge in [-0.05, 0) is 26.8 Å². The van der Waals surface area contributed by atoms with Crippen molar-refractivity contribution in [3.8, 4) is 6.07 Å². The molecule has 0 saturated carbocycles. The summed E-state index contributed by atoms with van der Waals surface area (Å²) in [5.74, 6) is -1.21. The fourth-order valence-corrected chi connectivity index (χ4v) is 2.05. The van der Waals surface area contributed by atoms with Crippen LogP contribution in [-0.4, -0.2) is 34.8 Å². The maximum Gasteiger partial charge on any atom is 0.452 e. The largest absolute Gasteiger partial charge is 0.452 e. The Morgan fingerprint density at radius 1 is 1.46 bits per heavy atom. The molecule has 2 heterocycles. The van der Waals surface area contributed by atoms with Gasteiger partial charge in [0, 0.05) is 19.2 Å². The molecule has 0 spiro atoms. The number of hydrogen-bond acceptors (Lipinski definition) is 5. The van der Waals surface area contributed by atoms with Gasteiger partial charge in [-0.15, -0.1) is 0 Å². The third-order valence-electron chi connectivity index (χ3n) is 3.20. The molecule has 0 unspecified atom stereocenters. The highest BCUT2D eigenvalue weighted by atomic mass is 19.4. The molecule has 0 aliphatic carbocycles. The van der Waals surface area contributed by atoms with Crippen molar-refractivity contribution in [2.45, 2.75) is 32.5 Å². The molecule has 0 bridgehead atoms. The van der Waals surface area contributed by atoms with Crippen molar-refractivity contribution in [3.05, 3.63) is 23.6 Å². The fraction of sp³-hybridized carbons (Fsp3) is 0.533. The molecule has 6 nitrogen and oxygen atoms in total. The van der Waals surface area contributed by atoms with Crippen LogP contribution >= 0.6 is 0 Å². The first kappa shape index (κ1) is 17.8. The molecular formula is C15H16F3N3O3. The van der Waals surface area contributed by atoms with E-state index in [0.717, 1.165) is 6.07 Å². The molecule has 130 valence electrons. The van der Waals surface area contributed by atoms with Gasteiger partial charge in [0.15, 0.2) is 0 Å². The second kappa shape index (κ2) is 5.85. The summed E-state index contributed by atoms with van der Waals surface area (Å²) in [6.45, 7) is 5.37. The van der Waals surface area contributed by atoms with E-state index in [-0.39, 0.29) is 18.8 Å². The zero-order valence-electron chi connectivity index (χ0n) is 13.3. The minimum atomic E-state index is -4.62. The van der Waals surface area contributed by atoms with Gasteiger partial charge in [-0.1, -0.05) is 11.2 Å². The third-order valence-corrected chi connectivity index (χ3v) is 3.20. The van der Waals surface area contributed by atoms with Crippen molar-refractivity contribution >= 4 is 12.2 Å². The standard InChI is InChI=1S/C15H16F3N3O3/c1-13(2,3)23-12(22)21-8-14(7-19,9-21)5-4-10-6-11(24-20-10)15(16,17)18/h4-6H,8-9H2,1-3H3. The molecule has 1 saturated heterocycles. The van der Waals surface area contributed by atoms with E-state index in [1.54, 1.807) is 20.8 Å². The second-order valence-corrected chi connectivity index (χ2v) is 6.55. The van der Waals surface area contributed by atoms with Gasteiger partial charge < -0.3 is 14.2 Å². The number of halogens is 3. The third kappa shape index (κ3) is 4.07. The minimum Gasteiger partial charge on any atom is -0.444 e. The zero-order valence-corrected chi connectivity index (χ0v) is 13.3. The molecular weight excluding hydrogens is 327 g/mol. The number of rotatable bonds is 2. The quantitative estimate of drug-likeness (QED) is 0.821. The average Bonchev–Trinajstić information content (AvgIpc) is 2.84. The normalized spacial score (nSPS) is 17.5. The van der Waals surface area contributed by atoms with Crippen LogP contribution in [0.1, 0.15) is 32.2 Å². The molecule has 24 heavy (non-hydrogen) atoms. The Kier molecular flexibility index (Phi) is 4.35. The topological polar surface area (TPSA) is 79.4 Å². The Balaban J connectivity index is 2.00. The van der Waals surface area contributed by atoms with Gasteiger partial charge in [0.1, 0.15) is 16.7 Å². The summed E-state index contributed by atoms with van der Waals surface area (Å²) in [7, 11) is 0. The fourth-order valence-electron chi connectivity index (χ4n) is 2.05. The van der Waals surface area contributed by atoms with Crippen molar-refractivity contribution in [2.75, 3.05) is 13.1 Å². The lowest BCUT2D eigenvalue weighted by Gasteiger charge is -2.43. The number of carbonyl (C=O) groups excluding carboxylic acids is 1. The summed E-state index contributed by atoms with van der Waals surface area (Å²) in [4.78, 5) is 13.2. The molecule has 1 amide bonds. The summed E-state index contributed by atoms with van der Waals surface area (Å²) < 4.78 is 46.7. The molecule has 2 rings (SSSR count). The molecule has 1 fully saturated rings. The second-order valence-electron chi connectivity index (χ2n) is 6.55. The lowest BCUT2D eigenvalue weighted by Crippen LogP contribution is -2.57. The number of hydrogen-bond donors (Lipinski definition) is 0. The highest BCUT2D eigenvalue weighted by molar-refractivity contribution is 5.70. The Morgan fingerprint density at radius 2 is 2.08 bits per heavy atom. The molecule has 9 heteroatoms. The predicted octanol–water partition coefficient (Wildman–Crippen LogP) is 3.47. The lowest BCUT2D eigenvalue weighted by molar-refractivity contribution is -0.155. The number of nitrogens with zero attached hydrogens (tertiary/aromatic N) is 3. The summed E-state index contributed by atoms with van der Waals surface area (Å²) in [6.07, 6.45) is -2.46. The molecule has 1 aliphatic rings. The first-order chi connectivity index (χ1) is 10.9. The van der Waals surface area contributed by atoms with E-state index in [4.69, 9.17) is 4.74 Å². The van der Waals surface area contributed by atoms with E-state index < -0.39 is 29.0 Å². The Morgan fingerprint density at radius 3 is 2.54 bits per heavy atom. The minimum absolute atomic E-state index is 0.0485. The number of carbonyl (C=O) groups is 1. The molecule has 1 aliphatic heterocycles. The Hall–Kier alpha value is -2.50. The number of amides is 1. The molecule has 1 aromatic rings. The van der Waals surface area contributed by atoms with Crippen molar-refractivity contribution in [2.24, 2.45) is 5.41 Å². The number of nitriles is 1. The average molecular weight is 343 g/mol. The smallest absolute Gasteiger partial charge is 0.444 e. The van der Waals surface area contributed by atoms with Gasteiger partial charge in [0.25, 0.3) is 0 Å². The van der Waals surface area contributed by atoms with Crippen LogP contribution in [0, 0.1) is 16.7 Å². The van der Waals surface area contributed by atoms with Crippen LogP contribution in [0.15, 0.2) is 16.7 Å². The van der Waals surface area contributed by atoms with E-state index in [0.29, 0.717) is 0 Å².